The molecule has 0 spiro atoms. The van der Waals surface area contributed by atoms with Crippen LogP contribution in [0.5, 0.6) is 0 Å². The van der Waals surface area contributed by atoms with Crippen molar-refractivity contribution in [3.05, 3.63) is 35.4 Å². The van der Waals surface area contributed by atoms with E-state index in [0.29, 0.717) is 12.8 Å². The van der Waals surface area contributed by atoms with Gasteiger partial charge in [0, 0.05) is 11.1 Å². The molecule has 10 heteroatoms. The maximum Gasteiger partial charge on any atom is 0.341 e. The minimum atomic E-state index is -1.42. The first kappa shape index (κ1) is 34.0. The zero-order valence-electron chi connectivity index (χ0n) is 25.2. The Morgan fingerprint density at radius 1 is 0.769 bits per heavy atom. The highest BCUT2D eigenvalue weighted by Crippen LogP contribution is 2.25. The van der Waals surface area contributed by atoms with Crippen LogP contribution in [0.3, 0.4) is 0 Å². The molecule has 0 fully saturated rings. The van der Waals surface area contributed by atoms with Crippen LogP contribution in [0.2, 0.25) is 0 Å². The number of nitrogens with one attached hydrogen (secondary N) is 2. The second-order valence-electron chi connectivity index (χ2n) is 12.6. The van der Waals surface area contributed by atoms with Crippen molar-refractivity contribution in [3.63, 3.8) is 0 Å². The Balaban J connectivity index is 2.95. The first-order valence-corrected chi connectivity index (χ1v) is 13.2. The number of carbonyl (C=O) groups excluding carboxylic acids is 4. The number of carbonyl (C=O) groups is 4. The summed E-state index contributed by atoms with van der Waals surface area (Å²) in [5.41, 5.74) is 1.98. The van der Waals surface area contributed by atoms with Crippen LogP contribution in [0, 0.1) is 11.8 Å². The Morgan fingerprint density at radius 3 is 1.74 bits per heavy atom. The lowest BCUT2D eigenvalue weighted by atomic mass is 9.94. The zero-order valence-corrected chi connectivity index (χ0v) is 25.2. The van der Waals surface area contributed by atoms with E-state index in [-0.39, 0.29) is 23.0 Å². The van der Waals surface area contributed by atoms with Crippen molar-refractivity contribution in [2.24, 2.45) is 11.8 Å². The van der Waals surface area contributed by atoms with Gasteiger partial charge in [0.1, 0.15) is 11.2 Å². The molecule has 2 atom stereocenters. The third kappa shape index (κ3) is 12.6. The molecule has 0 saturated heterocycles. The van der Waals surface area contributed by atoms with Gasteiger partial charge in [0.25, 0.3) is 11.8 Å². The summed E-state index contributed by atoms with van der Waals surface area (Å²) in [6, 6.07) is 5.84. The van der Waals surface area contributed by atoms with Gasteiger partial charge in [-0.05, 0) is 91.3 Å². The lowest BCUT2D eigenvalue weighted by molar-refractivity contribution is -0.190. The molecule has 0 radical (unpaired) electrons. The first-order chi connectivity index (χ1) is 17.7. The monoisotopic (exact) mass is 550 g/mol. The van der Waals surface area contributed by atoms with E-state index in [1.54, 1.807) is 48.5 Å². The van der Waals surface area contributed by atoms with E-state index in [0.717, 1.165) is 0 Å². The van der Waals surface area contributed by atoms with Crippen molar-refractivity contribution in [2.75, 3.05) is 0 Å². The number of rotatable bonds is 12. The number of ether oxygens (including phenoxy) is 2. The number of hydrogen-bond donors (Lipinski definition) is 2. The van der Waals surface area contributed by atoms with Crippen LogP contribution in [0.15, 0.2) is 24.3 Å². The smallest absolute Gasteiger partial charge is 0.341 e. The van der Waals surface area contributed by atoms with Crippen LogP contribution in [0.25, 0.3) is 0 Å². The van der Waals surface area contributed by atoms with Crippen LogP contribution in [-0.4, -0.2) is 46.7 Å². The molecule has 0 aliphatic carbocycles. The van der Waals surface area contributed by atoms with Crippen molar-refractivity contribution < 1.29 is 38.3 Å². The fraction of sp³-hybridized carbons (Fsp3) is 0.655. The zero-order chi connectivity index (χ0) is 30.2. The first-order valence-electron chi connectivity index (χ1n) is 13.2. The maximum absolute atomic E-state index is 12.9. The lowest BCUT2D eigenvalue weighted by Gasteiger charge is -2.32. The molecule has 1 aromatic rings. The second kappa shape index (κ2) is 13.9. The predicted octanol–water partition coefficient (Wildman–Crippen LogP) is 4.91. The van der Waals surface area contributed by atoms with Gasteiger partial charge in [0.15, 0.2) is 11.7 Å². The summed E-state index contributed by atoms with van der Waals surface area (Å²) in [6.45, 7) is 19.7. The van der Waals surface area contributed by atoms with Crippen molar-refractivity contribution in [1.29, 1.82) is 0 Å². The number of benzene rings is 1. The van der Waals surface area contributed by atoms with Gasteiger partial charge in [0.05, 0.1) is 0 Å². The van der Waals surface area contributed by atoms with E-state index in [9.17, 15) is 19.2 Å². The van der Waals surface area contributed by atoms with Gasteiger partial charge in [-0.15, -0.1) is 0 Å². The van der Waals surface area contributed by atoms with E-state index in [2.05, 4.69) is 11.0 Å². The molecule has 0 heterocycles. The average Bonchev–Trinajstić information content (AvgIpc) is 2.77. The summed E-state index contributed by atoms with van der Waals surface area (Å²) in [6.07, 6.45) is -0.363. The number of hydrogen-bond acceptors (Lipinski definition) is 8. The van der Waals surface area contributed by atoms with Gasteiger partial charge < -0.3 is 9.47 Å². The second-order valence-corrected chi connectivity index (χ2v) is 12.6. The van der Waals surface area contributed by atoms with Gasteiger partial charge in [-0.3, -0.25) is 19.3 Å². The Hall–Kier alpha value is -2.98. The van der Waals surface area contributed by atoms with Gasteiger partial charge in [-0.2, -0.15) is 0 Å². The normalized spacial score (nSPS) is 14.4. The topological polar surface area (TPSA) is 129 Å². The van der Waals surface area contributed by atoms with Crippen LogP contribution in [-0.2, 0) is 28.7 Å². The highest BCUT2D eigenvalue weighted by Gasteiger charge is 2.40. The summed E-state index contributed by atoms with van der Waals surface area (Å²) in [4.78, 5) is 62.0. The molecule has 2 amide bonds. The summed E-state index contributed by atoms with van der Waals surface area (Å²) in [5.74, 6) is -2.32. The van der Waals surface area contributed by atoms with Crippen molar-refractivity contribution in [1.82, 2.24) is 11.0 Å². The van der Waals surface area contributed by atoms with Crippen molar-refractivity contribution in [2.45, 2.75) is 112 Å². The van der Waals surface area contributed by atoms with E-state index in [4.69, 9.17) is 19.1 Å². The molecular formula is C29H46N2O8. The lowest BCUT2D eigenvalue weighted by Crippen LogP contribution is -2.48. The highest BCUT2D eigenvalue weighted by molar-refractivity contribution is 5.99. The molecule has 0 saturated carbocycles. The van der Waals surface area contributed by atoms with E-state index in [1.807, 2.05) is 27.7 Å². The quantitative estimate of drug-likeness (QED) is 0.277. The molecule has 0 bridgehead atoms. The molecule has 10 nitrogen and oxygen atoms in total. The largest absolute Gasteiger partial charge is 0.458 e. The molecule has 0 aliphatic heterocycles. The van der Waals surface area contributed by atoms with Crippen LogP contribution in [0.4, 0.5) is 0 Å². The van der Waals surface area contributed by atoms with Crippen molar-refractivity contribution in [3.8, 4) is 0 Å². The molecule has 220 valence electrons. The minimum absolute atomic E-state index is 0.0756. The van der Waals surface area contributed by atoms with E-state index >= 15 is 0 Å². The highest BCUT2D eigenvalue weighted by atomic mass is 16.7. The fourth-order valence-corrected chi connectivity index (χ4v) is 3.52. The Morgan fingerprint density at radius 2 is 1.28 bits per heavy atom. The number of hydroxylamine groups is 2. The SMILES string of the molecule is CC(C)C[C@@H](ONC(=O)c1cccc(C(=O)NO[C@@](C)(CC(C)C)C(=O)OC(C)(C)C)c1)C(=O)OC(C)(C)C. The van der Waals surface area contributed by atoms with Crippen LogP contribution >= 0.6 is 0 Å². The third-order valence-corrected chi connectivity index (χ3v) is 5.03. The van der Waals surface area contributed by atoms with E-state index in [1.165, 1.54) is 24.3 Å². The van der Waals surface area contributed by atoms with E-state index < -0.39 is 46.7 Å². The molecule has 0 aliphatic rings. The summed E-state index contributed by atoms with van der Waals surface area (Å²) in [7, 11) is 0. The van der Waals surface area contributed by atoms with Crippen LogP contribution < -0.4 is 11.0 Å². The molecule has 0 unspecified atom stereocenters. The Kier molecular flexibility index (Phi) is 12.1. The standard InChI is InChI=1S/C29H46N2O8/c1-18(2)15-22(25(34)36-27(5,6)7)38-30-23(32)20-13-12-14-21(16-20)24(33)31-39-29(11,17-19(3)4)26(35)37-28(8,9)10/h12-14,16,18-19,22H,15,17H2,1-11H3,(H,30,32)(H,31,33)/t22-,29+/m1/s1. The van der Waals surface area contributed by atoms with Crippen molar-refractivity contribution >= 4 is 23.8 Å². The third-order valence-electron chi connectivity index (χ3n) is 5.03. The minimum Gasteiger partial charge on any atom is -0.458 e. The van der Waals surface area contributed by atoms with Crippen LogP contribution in [0.1, 0.15) is 110 Å². The summed E-state index contributed by atoms with van der Waals surface area (Å²) < 4.78 is 10.9. The van der Waals surface area contributed by atoms with Gasteiger partial charge in [0.2, 0.25) is 0 Å². The molecule has 1 aromatic carbocycles. The molecule has 0 aromatic heterocycles. The van der Waals surface area contributed by atoms with Gasteiger partial charge in [-0.25, -0.2) is 20.5 Å². The summed E-state index contributed by atoms with van der Waals surface area (Å²) >= 11 is 0. The Bertz CT molecular complexity index is 1010. The van der Waals surface area contributed by atoms with Gasteiger partial charge in [-0.1, -0.05) is 33.8 Å². The summed E-state index contributed by atoms with van der Waals surface area (Å²) in [5, 5.41) is 0. The predicted molar refractivity (Wildman–Crippen MR) is 146 cm³/mol. The fourth-order valence-electron chi connectivity index (χ4n) is 3.52. The average molecular weight is 551 g/mol. The molecule has 1 rings (SSSR count). The number of amides is 2. The molecule has 2 N–H and O–H groups in total. The molecule has 39 heavy (non-hydrogen) atoms. The Labute approximate surface area is 232 Å². The number of esters is 2. The molecular weight excluding hydrogens is 504 g/mol. The van der Waals surface area contributed by atoms with Gasteiger partial charge >= 0.3 is 11.9 Å². The maximum atomic E-state index is 12.9.